The zero-order valence-electron chi connectivity index (χ0n) is 12.6. The van der Waals surface area contributed by atoms with Gasteiger partial charge in [-0.2, -0.15) is 4.98 Å². The first-order valence-corrected chi connectivity index (χ1v) is 6.60. The molecule has 0 aliphatic heterocycles. The molecule has 8 nitrogen and oxygen atoms in total. The number of hydrogen-bond acceptors (Lipinski definition) is 6. The minimum atomic E-state index is -0.360. The quantitative estimate of drug-likeness (QED) is 0.888. The van der Waals surface area contributed by atoms with Gasteiger partial charge < -0.3 is 19.6 Å². The fourth-order valence-electron chi connectivity index (χ4n) is 1.52. The van der Waals surface area contributed by atoms with Crippen LogP contribution >= 0.6 is 0 Å². The average molecular weight is 293 g/mol. The lowest BCUT2D eigenvalue weighted by molar-refractivity contribution is 0.236. The monoisotopic (exact) mass is 293 g/mol. The van der Waals surface area contributed by atoms with E-state index < -0.39 is 0 Å². The summed E-state index contributed by atoms with van der Waals surface area (Å²) in [5, 5.41) is 8.88. The first-order valence-electron chi connectivity index (χ1n) is 6.60. The van der Waals surface area contributed by atoms with Crippen LogP contribution in [-0.2, 0) is 18.5 Å². The van der Waals surface area contributed by atoms with E-state index >= 15 is 0 Å². The number of rotatable bonds is 4. The molecule has 0 aliphatic carbocycles. The Bertz CT molecular complexity index is 611. The predicted octanol–water partition coefficient (Wildman–Crippen LogP) is 1.66. The Kier molecular flexibility index (Phi) is 4.25. The molecule has 0 unspecified atom stereocenters. The van der Waals surface area contributed by atoms with Crippen LogP contribution in [0.15, 0.2) is 15.1 Å². The molecular weight excluding hydrogens is 274 g/mol. The maximum Gasteiger partial charge on any atom is 0.315 e. The lowest BCUT2D eigenvalue weighted by atomic mass is 9.94. The van der Waals surface area contributed by atoms with E-state index in [1.54, 1.807) is 13.1 Å². The molecule has 0 saturated carbocycles. The number of nitrogens with one attached hydrogen (secondary N) is 2. The normalized spacial score (nSPS) is 11.4. The second-order valence-corrected chi connectivity index (χ2v) is 5.64. The molecule has 114 valence electrons. The van der Waals surface area contributed by atoms with Crippen molar-refractivity contribution in [3.05, 3.63) is 29.6 Å². The minimum Gasteiger partial charge on any atom is -0.443 e. The smallest absolute Gasteiger partial charge is 0.315 e. The van der Waals surface area contributed by atoms with E-state index in [9.17, 15) is 4.79 Å². The molecule has 2 rings (SSSR count). The van der Waals surface area contributed by atoms with Crippen LogP contribution in [0.2, 0.25) is 0 Å². The summed E-state index contributed by atoms with van der Waals surface area (Å²) in [7, 11) is 0. The standard InChI is InChI=1S/C13H19N5O3/c1-8-17-11(21-18-8)7-16-12(19)15-6-10-14-5-9(20-10)13(2,3)4/h5H,6-7H2,1-4H3,(H2,15,16,19). The molecule has 0 aromatic carbocycles. The average Bonchev–Trinajstić information content (AvgIpc) is 3.02. The van der Waals surface area contributed by atoms with Crippen LogP contribution < -0.4 is 10.6 Å². The molecule has 0 fully saturated rings. The van der Waals surface area contributed by atoms with Crippen LogP contribution in [0, 0.1) is 6.92 Å². The van der Waals surface area contributed by atoms with Crippen LogP contribution in [0.4, 0.5) is 4.79 Å². The van der Waals surface area contributed by atoms with Gasteiger partial charge in [-0.25, -0.2) is 9.78 Å². The fourth-order valence-corrected chi connectivity index (χ4v) is 1.52. The Morgan fingerprint density at radius 1 is 1.24 bits per heavy atom. The number of aromatic nitrogens is 3. The number of urea groups is 1. The van der Waals surface area contributed by atoms with E-state index in [0.29, 0.717) is 17.6 Å². The predicted molar refractivity (Wildman–Crippen MR) is 73.3 cm³/mol. The van der Waals surface area contributed by atoms with Gasteiger partial charge in [0.2, 0.25) is 11.8 Å². The summed E-state index contributed by atoms with van der Waals surface area (Å²) in [6, 6.07) is -0.360. The van der Waals surface area contributed by atoms with Crippen molar-refractivity contribution in [3.8, 4) is 0 Å². The molecule has 0 saturated heterocycles. The van der Waals surface area contributed by atoms with Gasteiger partial charge >= 0.3 is 6.03 Å². The van der Waals surface area contributed by atoms with Crippen molar-refractivity contribution in [1.82, 2.24) is 25.8 Å². The van der Waals surface area contributed by atoms with Gasteiger partial charge in [-0.15, -0.1) is 0 Å². The molecule has 2 amide bonds. The van der Waals surface area contributed by atoms with Crippen molar-refractivity contribution in [2.75, 3.05) is 0 Å². The van der Waals surface area contributed by atoms with Crippen LogP contribution in [0.25, 0.3) is 0 Å². The summed E-state index contributed by atoms with van der Waals surface area (Å²) >= 11 is 0. The molecule has 0 bridgehead atoms. The van der Waals surface area contributed by atoms with Crippen LogP contribution in [0.1, 0.15) is 44.1 Å². The van der Waals surface area contributed by atoms with Gasteiger partial charge in [0, 0.05) is 5.41 Å². The Labute approximate surface area is 122 Å². The second-order valence-electron chi connectivity index (χ2n) is 5.64. The summed E-state index contributed by atoms with van der Waals surface area (Å²) in [6.45, 7) is 8.19. The zero-order valence-corrected chi connectivity index (χ0v) is 12.6. The largest absolute Gasteiger partial charge is 0.443 e. The lowest BCUT2D eigenvalue weighted by Gasteiger charge is -2.13. The van der Waals surface area contributed by atoms with Crippen molar-refractivity contribution < 1.29 is 13.7 Å². The topological polar surface area (TPSA) is 106 Å². The molecule has 2 heterocycles. The molecule has 2 N–H and O–H groups in total. The first kappa shape index (κ1) is 15.0. The first-order chi connectivity index (χ1) is 9.84. The van der Waals surface area contributed by atoms with E-state index in [1.807, 2.05) is 20.8 Å². The number of hydrogen-bond donors (Lipinski definition) is 2. The van der Waals surface area contributed by atoms with Crippen LogP contribution in [0.5, 0.6) is 0 Å². The number of aryl methyl sites for hydroxylation is 1. The van der Waals surface area contributed by atoms with Gasteiger partial charge in [-0.05, 0) is 6.92 Å². The molecule has 0 atom stereocenters. The molecule has 2 aromatic rings. The summed E-state index contributed by atoms with van der Waals surface area (Å²) in [5.41, 5.74) is -0.108. The van der Waals surface area contributed by atoms with Gasteiger partial charge in [0.1, 0.15) is 5.76 Å². The highest BCUT2D eigenvalue weighted by atomic mass is 16.5. The van der Waals surface area contributed by atoms with Gasteiger partial charge in [0.25, 0.3) is 0 Å². The Hall–Kier alpha value is -2.38. The van der Waals surface area contributed by atoms with Crippen molar-refractivity contribution in [2.24, 2.45) is 0 Å². The summed E-state index contributed by atoms with van der Waals surface area (Å²) in [6.07, 6.45) is 1.68. The van der Waals surface area contributed by atoms with Crippen molar-refractivity contribution >= 4 is 6.03 Å². The SMILES string of the molecule is Cc1noc(CNC(=O)NCc2ncc(C(C)(C)C)o2)n1. The molecule has 0 aliphatic rings. The third kappa shape index (κ3) is 4.30. The zero-order chi connectivity index (χ0) is 15.5. The van der Waals surface area contributed by atoms with E-state index in [4.69, 9.17) is 8.94 Å². The number of carbonyl (C=O) groups excluding carboxylic acids is 1. The third-order valence-corrected chi connectivity index (χ3v) is 2.66. The fraction of sp³-hybridized carbons (Fsp3) is 0.538. The highest BCUT2D eigenvalue weighted by Gasteiger charge is 2.19. The minimum absolute atomic E-state index is 0.108. The Balaban J connectivity index is 1.77. The summed E-state index contributed by atoms with van der Waals surface area (Å²) in [4.78, 5) is 19.7. The summed E-state index contributed by atoms with van der Waals surface area (Å²) < 4.78 is 10.5. The maximum absolute atomic E-state index is 11.6. The van der Waals surface area contributed by atoms with Crippen molar-refractivity contribution in [3.63, 3.8) is 0 Å². The Morgan fingerprint density at radius 2 is 1.90 bits per heavy atom. The van der Waals surface area contributed by atoms with Crippen molar-refractivity contribution in [2.45, 2.75) is 46.2 Å². The molecule has 2 aromatic heterocycles. The highest BCUT2D eigenvalue weighted by molar-refractivity contribution is 5.73. The van der Waals surface area contributed by atoms with Gasteiger partial charge in [-0.3, -0.25) is 0 Å². The van der Waals surface area contributed by atoms with E-state index in [-0.39, 0.29) is 24.5 Å². The molecule has 0 spiro atoms. The maximum atomic E-state index is 11.6. The van der Waals surface area contributed by atoms with Crippen molar-refractivity contribution in [1.29, 1.82) is 0 Å². The molecule has 8 heteroatoms. The number of carbonyl (C=O) groups is 1. The number of nitrogens with zero attached hydrogens (tertiary/aromatic N) is 3. The van der Waals surface area contributed by atoms with Crippen LogP contribution in [0.3, 0.4) is 0 Å². The third-order valence-electron chi connectivity index (χ3n) is 2.66. The number of oxazole rings is 1. The number of amides is 2. The van der Waals surface area contributed by atoms with E-state index in [1.165, 1.54) is 0 Å². The van der Waals surface area contributed by atoms with Gasteiger partial charge in [0.15, 0.2) is 5.82 Å². The molecule has 21 heavy (non-hydrogen) atoms. The summed E-state index contributed by atoms with van der Waals surface area (Å²) in [5.74, 6) is 2.13. The van der Waals surface area contributed by atoms with Crippen LogP contribution in [-0.4, -0.2) is 21.2 Å². The molecular formula is C13H19N5O3. The Morgan fingerprint density at radius 3 is 2.43 bits per heavy atom. The van der Waals surface area contributed by atoms with Gasteiger partial charge in [-0.1, -0.05) is 25.9 Å². The van der Waals surface area contributed by atoms with Gasteiger partial charge in [0.05, 0.1) is 19.3 Å². The highest BCUT2D eigenvalue weighted by Crippen LogP contribution is 2.22. The second kappa shape index (κ2) is 5.94. The lowest BCUT2D eigenvalue weighted by Crippen LogP contribution is -2.34. The molecule has 0 radical (unpaired) electrons. The van der Waals surface area contributed by atoms with E-state index in [2.05, 4.69) is 25.8 Å². The van der Waals surface area contributed by atoms with E-state index in [0.717, 1.165) is 5.76 Å².